The first-order valence-corrected chi connectivity index (χ1v) is 10.4. The first kappa shape index (κ1) is 17.1. The molecule has 30 heavy (non-hydrogen) atoms. The second kappa shape index (κ2) is 6.60. The van der Waals surface area contributed by atoms with Crippen LogP contribution in [-0.4, -0.2) is 4.57 Å². The van der Waals surface area contributed by atoms with Gasteiger partial charge < -0.3 is 4.57 Å². The van der Waals surface area contributed by atoms with Gasteiger partial charge in [0.15, 0.2) is 0 Å². The summed E-state index contributed by atoms with van der Waals surface area (Å²) in [6.07, 6.45) is 0. The van der Waals surface area contributed by atoms with Gasteiger partial charge in [0.05, 0.1) is 11.0 Å². The van der Waals surface area contributed by atoms with Crippen molar-refractivity contribution in [2.75, 3.05) is 0 Å². The van der Waals surface area contributed by atoms with Crippen LogP contribution in [0.1, 0.15) is 5.56 Å². The smallest absolute Gasteiger partial charge is 0.0543 e. The van der Waals surface area contributed by atoms with Crippen molar-refractivity contribution < 1.29 is 0 Å². The lowest BCUT2D eigenvalue weighted by Gasteiger charge is -2.09. The summed E-state index contributed by atoms with van der Waals surface area (Å²) in [6, 6.07) is 39.3. The molecule has 5 aromatic carbocycles. The Morgan fingerprint density at radius 2 is 1.33 bits per heavy atom. The number of aromatic nitrogens is 1. The van der Waals surface area contributed by atoms with E-state index in [1.54, 1.807) is 0 Å². The highest BCUT2D eigenvalue weighted by Crippen LogP contribution is 2.37. The Morgan fingerprint density at radius 3 is 2.23 bits per heavy atom. The lowest BCUT2D eigenvalue weighted by Crippen LogP contribution is -1.93. The van der Waals surface area contributed by atoms with Crippen molar-refractivity contribution >= 4 is 32.6 Å². The molecule has 0 unspecified atom stereocenters. The third kappa shape index (κ3) is 2.49. The molecule has 1 nitrogen and oxygen atoms in total. The van der Waals surface area contributed by atoms with Crippen molar-refractivity contribution in [1.29, 1.82) is 0 Å². The monoisotopic (exact) mass is 383 g/mol. The van der Waals surface area contributed by atoms with Crippen LogP contribution in [0.25, 0.3) is 49.4 Å². The number of aryl methyl sites for hydroxylation is 1. The Balaban J connectivity index is 1.71. The van der Waals surface area contributed by atoms with Crippen LogP contribution in [-0.2, 0) is 0 Å². The average Bonchev–Trinajstić information content (AvgIpc) is 3.14. The van der Waals surface area contributed by atoms with Gasteiger partial charge in [0.2, 0.25) is 0 Å². The largest absolute Gasteiger partial charge is 0.309 e. The van der Waals surface area contributed by atoms with Gasteiger partial charge in [-0.15, -0.1) is 0 Å². The van der Waals surface area contributed by atoms with Crippen molar-refractivity contribution in [1.82, 2.24) is 4.57 Å². The van der Waals surface area contributed by atoms with E-state index < -0.39 is 0 Å². The highest BCUT2D eigenvalue weighted by Gasteiger charge is 2.15. The Hall–Kier alpha value is -3.84. The molecular formula is C29H21N. The third-order valence-electron chi connectivity index (χ3n) is 6.11. The molecule has 0 aliphatic heterocycles. The van der Waals surface area contributed by atoms with Crippen LogP contribution in [0.4, 0.5) is 0 Å². The zero-order valence-electron chi connectivity index (χ0n) is 16.8. The lowest BCUT2D eigenvalue weighted by atomic mass is 9.96. The molecule has 1 aromatic heterocycles. The van der Waals surface area contributed by atoms with E-state index in [0.29, 0.717) is 0 Å². The molecule has 0 aliphatic carbocycles. The van der Waals surface area contributed by atoms with Gasteiger partial charge in [0.25, 0.3) is 0 Å². The molecule has 0 aliphatic rings. The number of para-hydroxylation sites is 1. The molecule has 0 bridgehead atoms. The molecule has 0 amide bonds. The minimum atomic E-state index is 1.20. The van der Waals surface area contributed by atoms with Gasteiger partial charge in [0, 0.05) is 16.5 Å². The minimum absolute atomic E-state index is 1.20. The summed E-state index contributed by atoms with van der Waals surface area (Å²) in [5.41, 5.74) is 7.54. The van der Waals surface area contributed by atoms with E-state index in [1.165, 1.54) is 55.0 Å². The first-order valence-electron chi connectivity index (χ1n) is 10.4. The molecule has 0 fully saturated rings. The van der Waals surface area contributed by atoms with Crippen LogP contribution in [0.3, 0.4) is 0 Å². The number of benzene rings is 5. The van der Waals surface area contributed by atoms with E-state index >= 15 is 0 Å². The van der Waals surface area contributed by atoms with Crippen molar-refractivity contribution in [3.8, 4) is 16.8 Å². The Morgan fingerprint density at radius 1 is 0.567 bits per heavy atom. The summed E-state index contributed by atoms with van der Waals surface area (Å²) in [4.78, 5) is 0. The summed E-state index contributed by atoms with van der Waals surface area (Å²) in [5.74, 6) is 0. The summed E-state index contributed by atoms with van der Waals surface area (Å²) in [7, 11) is 0. The standard InChI is InChI=1S/C29H21N/c1-20-9-7-16-28-29(20)26-19-22(25-15-8-11-21-10-5-6-14-24(21)25)17-18-27(26)30(28)23-12-3-2-4-13-23/h2-19H,1H3. The van der Waals surface area contributed by atoms with Crippen LogP contribution >= 0.6 is 0 Å². The van der Waals surface area contributed by atoms with E-state index in [9.17, 15) is 0 Å². The molecule has 6 rings (SSSR count). The lowest BCUT2D eigenvalue weighted by molar-refractivity contribution is 1.18. The molecular weight excluding hydrogens is 362 g/mol. The number of nitrogens with zero attached hydrogens (tertiary/aromatic N) is 1. The van der Waals surface area contributed by atoms with Gasteiger partial charge in [0.1, 0.15) is 0 Å². The van der Waals surface area contributed by atoms with E-state index in [2.05, 4.69) is 121 Å². The summed E-state index contributed by atoms with van der Waals surface area (Å²) in [5, 5.41) is 5.21. The summed E-state index contributed by atoms with van der Waals surface area (Å²) in [6.45, 7) is 2.21. The summed E-state index contributed by atoms with van der Waals surface area (Å²) >= 11 is 0. The predicted octanol–water partition coefficient (Wildman–Crippen LogP) is 7.91. The van der Waals surface area contributed by atoms with E-state index in [1.807, 2.05) is 0 Å². The Labute approximate surface area is 175 Å². The normalized spacial score (nSPS) is 11.5. The highest BCUT2D eigenvalue weighted by atomic mass is 15.0. The maximum atomic E-state index is 2.38. The second-order valence-electron chi connectivity index (χ2n) is 7.90. The fourth-order valence-corrected chi connectivity index (χ4v) is 4.75. The van der Waals surface area contributed by atoms with Crippen molar-refractivity contribution in [3.63, 3.8) is 0 Å². The number of hydrogen-bond acceptors (Lipinski definition) is 0. The number of hydrogen-bond donors (Lipinski definition) is 0. The van der Waals surface area contributed by atoms with Gasteiger partial charge in [-0.2, -0.15) is 0 Å². The summed E-state index contributed by atoms with van der Waals surface area (Å²) < 4.78 is 2.38. The van der Waals surface area contributed by atoms with Gasteiger partial charge in [-0.3, -0.25) is 0 Å². The Kier molecular flexibility index (Phi) is 3.75. The van der Waals surface area contributed by atoms with E-state index in [4.69, 9.17) is 0 Å². The SMILES string of the molecule is Cc1cccc2c1c1cc(-c3cccc4ccccc34)ccc1n2-c1ccccc1. The van der Waals surface area contributed by atoms with Crippen molar-refractivity contribution in [3.05, 3.63) is 115 Å². The molecule has 0 atom stereocenters. The minimum Gasteiger partial charge on any atom is -0.309 e. The van der Waals surface area contributed by atoms with Crippen LogP contribution in [0.15, 0.2) is 109 Å². The average molecular weight is 383 g/mol. The van der Waals surface area contributed by atoms with Crippen LogP contribution in [0.5, 0.6) is 0 Å². The molecule has 1 heteroatoms. The van der Waals surface area contributed by atoms with Gasteiger partial charge in [-0.1, -0.05) is 78.9 Å². The molecule has 142 valence electrons. The molecule has 1 heterocycles. The highest BCUT2D eigenvalue weighted by molar-refractivity contribution is 6.12. The maximum absolute atomic E-state index is 2.38. The molecule has 0 spiro atoms. The van der Waals surface area contributed by atoms with E-state index in [-0.39, 0.29) is 0 Å². The quantitative estimate of drug-likeness (QED) is 0.286. The van der Waals surface area contributed by atoms with Gasteiger partial charge in [-0.05, 0) is 64.7 Å². The first-order chi connectivity index (χ1) is 14.8. The van der Waals surface area contributed by atoms with Gasteiger partial charge >= 0.3 is 0 Å². The molecule has 6 aromatic rings. The molecule has 0 N–H and O–H groups in total. The van der Waals surface area contributed by atoms with Crippen LogP contribution in [0.2, 0.25) is 0 Å². The van der Waals surface area contributed by atoms with Crippen LogP contribution < -0.4 is 0 Å². The number of fused-ring (bicyclic) bond motifs is 4. The molecule has 0 saturated carbocycles. The Bertz CT molecular complexity index is 1530. The van der Waals surface area contributed by atoms with Crippen molar-refractivity contribution in [2.24, 2.45) is 0 Å². The van der Waals surface area contributed by atoms with E-state index in [0.717, 1.165) is 0 Å². The third-order valence-corrected chi connectivity index (χ3v) is 6.11. The zero-order valence-corrected chi connectivity index (χ0v) is 16.8. The predicted molar refractivity (Wildman–Crippen MR) is 128 cm³/mol. The molecule has 0 saturated heterocycles. The maximum Gasteiger partial charge on any atom is 0.0543 e. The van der Waals surface area contributed by atoms with Crippen molar-refractivity contribution in [2.45, 2.75) is 6.92 Å². The molecule has 0 radical (unpaired) electrons. The fraction of sp³-hybridized carbons (Fsp3) is 0.0345. The second-order valence-corrected chi connectivity index (χ2v) is 7.90. The number of rotatable bonds is 2. The zero-order chi connectivity index (χ0) is 20.1. The topological polar surface area (TPSA) is 4.93 Å². The fourth-order valence-electron chi connectivity index (χ4n) is 4.75. The van der Waals surface area contributed by atoms with Gasteiger partial charge in [-0.25, -0.2) is 0 Å². The van der Waals surface area contributed by atoms with Crippen LogP contribution in [0, 0.1) is 6.92 Å².